The second-order valence-electron chi connectivity index (χ2n) is 2.66. The van der Waals surface area contributed by atoms with Crippen LogP contribution in [0.5, 0.6) is 0 Å². The molecule has 1 saturated carbocycles. The summed E-state index contributed by atoms with van der Waals surface area (Å²) in [6.07, 6.45) is 4.07. The molecule has 3 nitrogen and oxygen atoms in total. The number of allylic oxidation sites excluding steroid dienone is 1. The molecule has 0 aliphatic heterocycles. The quantitative estimate of drug-likeness (QED) is 0.620. The van der Waals surface area contributed by atoms with E-state index in [-0.39, 0.29) is 11.8 Å². The maximum atomic E-state index is 11.0. The average Bonchev–Trinajstić information content (AvgIpc) is 2.63. The van der Waals surface area contributed by atoms with Crippen molar-refractivity contribution in [3.8, 4) is 0 Å². The summed E-state index contributed by atoms with van der Waals surface area (Å²) in [6, 6.07) is 0. The van der Waals surface area contributed by atoms with Crippen LogP contribution in [0.25, 0.3) is 0 Å². The lowest BCUT2D eigenvalue weighted by Crippen LogP contribution is -2.26. The van der Waals surface area contributed by atoms with E-state index < -0.39 is 11.0 Å². The summed E-state index contributed by atoms with van der Waals surface area (Å²) < 4.78 is 12.9. The van der Waals surface area contributed by atoms with E-state index in [1.165, 1.54) is 6.26 Å². The van der Waals surface area contributed by atoms with Gasteiger partial charge in [-0.2, -0.15) is 0 Å². The second kappa shape index (κ2) is 3.17. The minimum Gasteiger partial charge on any atom is -0.275 e. The monoisotopic (exact) mass is 173 g/mol. The summed E-state index contributed by atoms with van der Waals surface area (Å²) in [4.78, 5) is 11.0. The number of amides is 1. The normalized spacial score (nSPS) is 30.6. The Labute approximate surface area is 68.5 Å². The first-order valence-electron chi connectivity index (χ1n) is 3.41. The first-order chi connectivity index (χ1) is 5.15. The highest BCUT2D eigenvalue weighted by atomic mass is 32.2. The molecule has 62 valence electrons. The SMILES string of the molecule is C=CC1CC1C(=O)NS(C)=O. The fourth-order valence-electron chi connectivity index (χ4n) is 0.994. The summed E-state index contributed by atoms with van der Waals surface area (Å²) in [5.74, 6) is 0.214. The van der Waals surface area contributed by atoms with Crippen LogP contribution in [0.2, 0.25) is 0 Å². The van der Waals surface area contributed by atoms with E-state index in [0.717, 1.165) is 6.42 Å². The van der Waals surface area contributed by atoms with E-state index in [2.05, 4.69) is 11.3 Å². The van der Waals surface area contributed by atoms with Gasteiger partial charge in [0.15, 0.2) is 0 Å². The molecule has 0 heterocycles. The topological polar surface area (TPSA) is 46.2 Å². The Bertz CT molecular complexity index is 214. The Kier molecular flexibility index (Phi) is 2.44. The largest absolute Gasteiger partial charge is 0.275 e. The third-order valence-corrected chi connectivity index (χ3v) is 2.21. The molecule has 4 heteroatoms. The van der Waals surface area contributed by atoms with E-state index in [4.69, 9.17) is 0 Å². The van der Waals surface area contributed by atoms with E-state index in [1.807, 2.05) is 0 Å². The number of hydrogen-bond acceptors (Lipinski definition) is 2. The molecule has 1 N–H and O–H groups in total. The fraction of sp³-hybridized carbons (Fsp3) is 0.571. The number of carbonyl (C=O) groups excluding carboxylic acids is 1. The van der Waals surface area contributed by atoms with Gasteiger partial charge < -0.3 is 0 Å². The summed E-state index contributed by atoms with van der Waals surface area (Å²) in [5, 5.41) is 0. The third-order valence-electron chi connectivity index (χ3n) is 1.72. The van der Waals surface area contributed by atoms with Gasteiger partial charge in [0.05, 0.1) is 0 Å². The molecule has 1 aliphatic carbocycles. The van der Waals surface area contributed by atoms with Crippen LogP contribution in [-0.2, 0) is 15.8 Å². The molecule has 1 aliphatic rings. The van der Waals surface area contributed by atoms with Crippen molar-refractivity contribution in [3.63, 3.8) is 0 Å². The van der Waals surface area contributed by atoms with Gasteiger partial charge in [-0.25, -0.2) is 4.21 Å². The zero-order valence-corrected chi connectivity index (χ0v) is 7.19. The molecule has 3 unspecified atom stereocenters. The Balaban J connectivity index is 2.33. The standard InChI is InChI=1S/C7H11NO2S/c1-3-5-4-6(5)7(9)8-11(2)10/h3,5-6H,1,4H2,2H3,(H,8,9). The minimum atomic E-state index is -1.23. The predicted octanol–water partition coefficient (Wildman–Crippen LogP) is 0.218. The van der Waals surface area contributed by atoms with Crippen LogP contribution < -0.4 is 4.72 Å². The van der Waals surface area contributed by atoms with E-state index in [9.17, 15) is 9.00 Å². The van der Waals surface area contributed by atoms with Gasteiger partial charge >= 0.3 is 0 Å². The Hall–Kier alpha value is -0.640. The molecule has 0 aromatic rings. The van der Waals surface area contributed by atoms with Gasteiger partial charge in [0.1, 0.15) is 11.0 Å². The number of nitrogens with one attached hydrogen (secondary N) is 1. The van der Waals surface area contributed by atoms with Gasteiger partial charge in [0, 0.05) is 12.2 Å². The smallest absolute Gasteiger partial charge is 0.235 e. The Morgan fingerprint density at radius 1 is 1.82 bits per heavy atom. The van der Waals surface area contributed by atoms with E-state index >= 15 is 0 Å². The summed E-state index contributed by atoms with van der Waals surface area (Å²) in [6.45, 7) is 3.58. The van der Waals surface area contributed by atoms with Crippen LogP contribution >= 0.6 is 0 Å². The Morgan fingerprint density at radius 2 is 2.45 bits per heavy atom. The van der Waals surface area contributed by atoms with Crippen molar-refractivity contribution in [3.05, 3.63) is 12.7 Å². The van der Waals surface area contributed by atoms with Crippen molar-refractivity contribution < 1.29 is 9.00 Å². The second-order valence-corrected chi connectivity index (χ2v) is 3.77. The van der Waals surface area contributed by atoms with Crippen LogP contribution in [0.3, 0.4) is 0 Å². The molecule has 1 rings (SSSR count). The number of carbonyl (C=O) groups is 1. The van der Waals surface area contributed by atoms with Crippen LogP contribution in [0, 0.1) is 11.8 Å². The van der Waals surface area contributed by atoms with Crippen molar-refractivity contribution >= 4 is 16.9 Å². The average molecular weight is 173 g/mol. The van der Waals surface area contributed by atoms with Gasteiger partial charge in [0.2, 0.25) is 5.91 Å². The molecule has 0 aromatic carbocycles. The zero-order valence-electron chi connectivity index (χ0n) is 6.37. The lowest BCUT2D eigenvalue weighted by molar-refractivity contribution is -0.120. The van der Waals surface area contributed by atoms with Gasteiger partial charge in [-0.1, -0.05) is 6.08 Å². The van der Waals surface area contributed by atoms with Gasteiger partial charge in [-0.15, -0.1) is 6.58 Å². The predicted molar refractivity (Wildman–Crippen MR) is 44.0 cm³/mol. The van der Waals surface area contributed by atoms with Crippen molar-refractivity contribution in [2.45, 2.75) is 6.42 Å². The van der Waals surface area contributed by atoms with Crippen molar-refractivity contribution in [2.24, 2.45) is 11.8 Å². The minimum absolute atomic E-state index is 0.0244. The van der Waals surface area contributed by atoms with Crippen LogP contribution in [0.1, 0.15) is 6.42 Å². The number of hydrogen-bond donors (Lipinski definition) is 1. The summed E-state index contributed by atoms with van der Waals surface area (Å²) in [7, 11) is -1.23. The molecule has 11 heavy (non-hydrogen) atoms. The van der Waals surface area contributed by atoms with Gasteiger partial charge in [-0.05, 0) is 12.3 Å². The van der Waals surface area contributed by atoms with Crippen LogP contribution in [-0.4, -0.2) is 16.4 Å². The Morgan fingerprint density at radius 3 is 2.82 bits per heavy atom. The lowest BCUT2D eigenvalue weighted by atomic mass is 10.3. The highest BCUT2D eigenvalue weighted by Crippen LogP contribution is 2.39. The zero-order chi connectivity index (χ0) is 8.43. The molecule has 0 spiro atoms. The van der Waals surface area contributed by atoms with Crippen molar-refractivity contribution in [1.29, 1.82) is 0 Å². The third kappa shape index (κ3) is 2.15. The van der Waals surface area contributed by atoms with Crippen molar-refractivity contribution in [1.82, 2.24) is 4.72 Å². The molecule has 0 radical (unpaired) electrons. The fourth-order valence-corrected chi connectivity index (χ4v) is 1.43. The lowest BCUT2D eigenvalue weighted by Gasteiger charge is -1.97. The summed E-state index contributed by atoms with van der Waals surface area (Å²) >= 11 is 0. The molecule has 0 saturated heterocycles. The molecule has 0 bridgehead atoms. The van der Waals surface area contributed by atoms with E-state index in [0.29, 0.717) is 5.92 Å². The van der Waals surface area contributed by atoms with E-state index in [1.54, 1.807) is 6.08 Å². The van der Waals surface area contributed by atoms with Crippen LogP contribution in [0.15, 0.2) is 12.7 Å². The first-order valence-corrected chi connectivity index (χ1v) is 4.97. The van der Waals surface area contributed by atoms with Gasteiger partial charge in [-0.3, -0.25) is 9.52 Å². The molecule has 0 aromatic heterocycles. The maximum absolute atomic E-state index is 11.0. The van der Waals surface area contributed by atoms with Crippen molar-refractivity contribution in [2.75, 3.05) is 6.26 Å². The first kappa shape index (κ1) is 8.46. The molecular weight excluding hydrogens is 162 g/mol. The molecule has 3 atom stereocenters. The van der Waals surface area contributed by atoms with Crippen LogP contribution in [0.4, 0.5) is 0 Å². The molecular formula is C7H11NO2S. The molecule has 1 fully saturated rings. The molecule has 1 amide bonds. The van der Waals surface area contributed by atoms with Gasteiger partial charge in [0.25, 0.3) is 0 Å². The summed E-state index contributed by atoms with van der Waals surface area (Å²) in [5.41, 5.74) is 0. The maximum Gasteiger partial charge on any atom is 0.235 e. The highest BCUT2D eigenvalue weighted by molar-refractivity contribution is 7.82. The number of rotatable bonds is 3. The highest BCUT2D eigenvalue weighted by Gasteiger charge is 2.40.